The van der Waals surface area contributed by atoms with E-state index in [4.69, 9.17) is 0 Å². The number of unbranched alkanes of at least 4 members (excludes halogenated alkanes) is 2. The Morgan fingerprint density at radius 2 is 2.12 bits per heavy atom. The molecule has 0 saturated carbocycles. The van der Waals surface area contributed by atoms with Gasteiger partial charge in [0.15, 0.2) is 5.13 Å². The van der Waals surface area contributed by atoms with Crippen LogP contribution in [0.5, 0.6) is 0 Å². The second-order valence-electron chi connectivity index (χ2n) is 4.50. The molecule has 3 nitrogen and oxygen atoms in total. The summed E-state index contributed by atoms with van der Waals surface area (Å²) >= 11 is 1.78. The fourth-order valence-corrected chi connectivity index (χ4v) is 2.59. The van der Waals surface area contributed by atoms with Gasteiger partial charge in [0.25, 0.3) is 0 Å². The van der Waals surface area contributed by atoms with Gasteiger partial charge >= 0.3 is 0 Å². The van der Waals surface area contributed by atoms with Crippen LogP contribution in [-0.2, 0) is 6.54 Å². The third-order valence-electron chi connectivity index (χ3n) is 2.65. The molecule has 0 aliphatic heterocycles. The molecular weight excluding hydrogens is 230 g/mol. The van der Waals surface area contributed by atoms with Crippen molar-refractivity contribution in [3.63, 3.8) is 0 Å². The van der Waals surface area contributed by atoms with Crippen LogP contribution in [0.15, 0.2) is 6.20 Å². The highest BCUT2D eigenvalue weighted by Crippen LogP contribution is 2.19. The van der Waals surface area contributed by atoms with Crippen LogP contribution in [0.3, 0.4) is 0 Å². The molecule has 0 saturated heterocycles. The lowest BCUT2D eigenvalue weighted by Gasteiger charge is -2.14. The van der Waals surface area contributed by atoms with E-state index >= 15 is 0 Å². The van der Waals surface area contributed by atoms with Gasteiger partial charge in [0.2, 0.25) is 0 Å². The zero-order chi connectivity index (χ0) is 12.5. The van der Waals surface area contributed by atoms with Crippen molar-refractivity contribution in [3.05, 3.63) is 11.1 Å². The van der Waals surface area contributed by atoms with E-state index in [1.54, 1.807) is 11.3 Å². The molecule has 0 aliphatic rings. The van der Waals surface area contributed by atoms with Gasteiger partial charge in [-0.05, 0) is 26.4 Å². The van der Waals surface area contributed by atoms with Gasteiger partial charge in [-0.25, -0.2) is 4.98 Å². The first kappa shape index (κ1) is 14.5. The number of aromatic nitrogens is 1. The van der Waals surface area contributed by atoms with Crippen molar-refractivity contribution < 1.29 is 0 Å². The molecule has 0 aliphatic carbocycles. The molecule has 0 aromatic carbocycles. The number of hydrogen-bond acceptors (Lipinski definition) is 4. The normalized spacial score (nSPS) is 11.1. The van der Waals surface area contributed by atoms with E-state index < -0.39 is 0 Å². The van der Waals surface area contributed by atoms with Crippen LogP contribution in [0.4, 0.5) is 5.13 Å². The standard InChI is InChI=1S/C13H25N3S/c1-4-6-7-9-16(3)11-12-10-15-13(17-12)14-8-5-2/h10H,4-9,11H2,1-3H3,(H,14,15). The molecule has 0 spiro atoms. The largest absolute Gasteiger partial charge is 0.362 e. The van der Waals surface area contributed by atoms with Crippen molar-refractivity contribution in [2.75, 3.05) is 25.5 Å². The molecule has 1 heterocycles. The maximum atomic E-state index is 4.38. The number of anilines is 1. The van der Waals surface area contributed by atoms with E-state index in [0.29, 0.717) is 0 Å². The van der Waals surface area contributed by atoms with E-state index in [1.165, 1.54) is 30.7 Å². The van der Waals surface area contributed by atoms with Gasteiger partial charge in [0.1, 0.15) is 0 Å². The van der Waals surface area contributed by atoms with Gasteiger partial charge in [-0.1, -0.05) is 26.7 Å². The van der Waals surface area contributed by atoms with Gasteiger partial charge in [-0.2, -0.15) is 0 Å². The molecule has 0 atom stereocenters. The van der Waals surface area contributed by atoms with Crippen LogP contribution in [0, 0.1) is 0 Å². The summed E-state index contributed by atoms with van der Waals surface area (Å²) in [7, 11) is 2.19. The Hall–Kier alpha value is -0.610. The van der Waals surface area contributed by atoms with Crippen molar-refractivity contribution in [2.45, 2.75) is 46.1 Å². The Bertz CT molecular complexity index is 299. The fraction of sp³-hybridized carbons (Fsp3) is 0.769. The first-order valence-corrected chi connectivity index (χ1v) is 7.45. The average Bonchev–Trinajstić information content (AvgIpc) is 2.74. The summed E-state index contributed by atoms with van der Waals surface area (Å²) in [4.78, 5) is 8.12. The predicted molar refractivity (Wildman–Crippen MR) is 76.8 cm³/mol. The number of nitrogens with zero attached hydrogens (tertiary/aromatic N) is 2. The van der Waals surface area contributed by atoms with Crippen molar-refractivity contribution in [1.82, 2.24) is 9.88 Å². The third kappa shape index (κ3) is 6.03. The topological polar surface area (TPSA) is 28.2 Å². The predicted octanol–water partition coefficient (Wildman–Crippen LogP) is 3.59. The molecular formula is C13H25N3S. The molecule has 1 aromatic heterocycles. The van der Waals surface area contributed by atoms with Gasteiger partial charge in [-0.15, -0.1) is 11.3 Å². The molecule has 0 radical (unpaired) electrons. The van der Waals surface area contributed by atoms with E-state index in [1.807, 2.05) is 6.20 Å². The molecule has 0 fully saturated rings. The Labute approximate surface area is 109 Å². The van der Waals surface area contributed by atoms with Crippen LogP contribution in [0.25, 0.3) is 0 Å². The maximum Gasteiger partial charge on any atom is 0.182 e. The van der Waals surface area contributed by atoms with Gasteiger partial charge < -0.3 is 10.2 Å². The summed E-state index contributed by atoms with van der Waals surface area (Å²) in [5.74, 6) is 0. The monoisotopic (exact) mass is 255 g/mol. The second-order valence-corrected chi connectivity index (χ2v) is 5.62. The number of nitrogens with one attached hydrogen (secondary N) is 1. The van der Waals surface area contributed by atoms with E-state index in [-0.39, 0.29) is 0 Å². The van der Waals surface area contributed by atoms with Crippen LogP contribution < -0.4 is 5.32 Å². The minimum absolute atomic E-state index is 1.01. The minimum atomic E-state index is 1.01. The Kier molecular flexibility index (Phi) is 7.21. The lowest BCUT2D eigenvalue weighted by atomic mass is 10.2. The van der Waals surface area contributed by atoms with Crippen LogP contribution in [0.1, 0.15) is 44.4 Å². The Morgan fingerprint density at radius 3 is 2.82 bits per heavy atom. The first-order chi connectivity index (χ1) is 8.26. The molecule has 1 rings (SSSR count). The molecule has 98 valence electrons. The summed E-state index contributed by atoms with van der Waals surface area (Å²) in [6.45, 7) is 7.63. The summed E-state index contributed by atoms with van der Waals surface area (Å²) < 4.78 is 0. The van der Waals surface area contributed by atoms with Gasteiger partial charge in [0, 0.05) is 24.2 Å². The van der Waals surface area contributed by atoms with Gasteiger partial charge in [0.05, 0.1) is 0 Å². The van der Waals surface area contributed by atoms with Crippen LogP contribution >= 0.6 is 11.3 Å². The molecule has 0 unspecified atom stereocenters. The molecule has 0 bridgehead atoms. The number of hydrogen-bond donors (Lipinski definition) is 1. The van der Waals surface area contributed by atoms with Crippen molar-refractivity contribution >= 4 is 16.5 Å². The zero-order valence-corrected chi connectivity index (χ0v) is 12.1. The summed E-state index contributed by atoms with van der Waals surface area (Å²) in [6, 6.07) is 0. The summed E-state index contributed by atoms with van der Waals surface area (Å²) in [6.07, 6.45) is 7.06. The van der Waals surface area contributed by atoms with E-state index in [9.17, 15) is 0 Å². The smallest absolute Gasteiger partial charge is 0.182 e. The highest BCUT2D eigenvalue weighted by Gasteiger charge is 2.04. The average molecular weight is 255 g/mol. The fourth-order valence-electron chi connectivity index (χ4n) is 1.67. The number of rotatable bonds is 9. The maximum absolute atomic E-state index is 4.38. The van der Waals surface area contributed by atoms with Crippen LogP contribution in [0.2, 0.25) is 0 Å². The van der Waals surface area contributed by atoms with E-state index in [2.05, 4.69) is 36.1 Å². The molecule has 17 heavy (non-hydrogen) atoms. The Balaban J connectivity index is 2.27. The first-order valence-electron chi connectivity index (χ1n) is 6.63. The number of thiazole rings is 1. The van der Waals surface area contributed by atoms with Crippen LogP contribution in [-0.4, -0.2) is 30.0 Å². The third-order valence-corrected chi connectivity index (χ3v) is 3.59. The lowest BCUT2D eigenvalue weighted by Crippen LogP contribution is -2.18. The summed E-state index contributed by atoms with van der Waals surface area (Å²) in [5, 5.41) is 4.39. The minimum Gasteiger partial charge on any atom is -0.362 e. The van der Waals surface area contributed by atoms with Gasteiger partial charge in [-0.3, -0.25) is 0 Å². The zero-order valence-electron chi connectivity index (χ0n) is 11.3. The van der Waals surface area contributed by atoms with Crippen molar-refractivity contribution in [1.29, 1.82) is 0 Å². The SMILES string of the molecule is CCCCCN(C)Cc1cnc(NCCC)s1. The van der Waals surface area contributed by atoms with E-state index in [0.717, 1.165) is 24.6 Å². The second kappa shape index (κ2) is 8.48. The highest BCUT2D eigenvalue weighted by molar-refractivity contribution is 7.15. The van der Waals surface area contributed by atoms with Crippen molar-refractivity contribution in [3.8, 4) is 0 Å². The lowest BCUT2D eigenvalue weighted by molar-refractivity contribution is 0.320. The molecule has 4 heteroatoms. The molecule has 0 amide bonds. The highest BCUT2D eigenvalue weighted by atomic mass is 32.1. The van der Waals surface area contributed by atoms with Crippen molar-refractivity contribution in [2.24, 2.45) is 0 Å². The molecule has 1 aromatic rings. The summed E-state index contributed by atoms with van der Waals surface area (Å²) in [5.41, 5.74) is 0. The quantitative estimate of drug-likeness (QED) is 0.684. The Morgan fingerprint density at radius 1 is 1.29 bits per heavy atom. The molecule has 1 N–H and O–H groups in total.